The Morgan fingerprint density at radius 2 is 1.54 bits per heavy atom. The summed E-state index contributed by atoms with van der Waals surface area (Å²) in [6.07, 6.45) is 1.74. The molecule has 0 fully saturated rings. The highest BCUT2D eigenvalue weighted by Gasteiger charge is 2.33. The first-order valence-electron chi connectivity index (χ1n) is 12.1. The van der Waals surface area contributed by atoms with Gasteiger partial charge >= 0.3 is 0 Å². The van der Waals surface area contributed by atoms with E-state index in [1.807, 2.05) is 76.9 Å². The van der Waals surface area contributed by atoms with E-state index in [0.717, 1.165) is 22.6 Å². The molecular formula is C32H18N6O. The number of imidazole rings is 1. The molecule has 182 valence electrons. The Morgan fingerprint density at radius 1 is 0.872 bits per heavy atom. The van der Waals surface area contributed by atoms with Crippen LogP contribution in [0.5, 0.6) is 0 Å². The van der Waals surface area contributed by atoms with Crippen molar-refractivity contribution in [3.8, 4) is 35.3 Å². The van der Waals surface area contributed by atoms with E-state index in [9.17, 15) is 15.3 Å². The highest BCUT2D eigenvalue weighted by Crippen LogP contribution is 2.40. The quantitative estimate of drug-likeness (QED) is 0.222. The molecule has 7 nitrogen and oxygen atoms in total. The molecule has 0 N–H and O–H groups in total. The Labute approximate surface area is 224 Å². The molecule has 2 heterocycles. The third-order valence-electron chi connectivity index (χ3n) is 6.88. The van der Waals surface area contributed by atoms with Crippen LogP contribution in [0.25, 0.3) is 39.9 Å². The fourth-order valence-corrected chi connectivity index (χ4v) is 5.05. The van der Waals surface area contributed by atoms with Gasteiger partial charge in [-0.3, -0.25) is 9.36 Å². The van der Waals surface area contributed by atoms with Crippen molar-refractivity contribution in [2.24, 2.45) is 7.05 Å². The summed E-state index contributed by atoms with van der Waals surface area (Å²) >= 11 is 0. The maximum Gasteiger partial charge on any atom is 0.194 e. The number of Topliss-reactive ketones (excluding diaryl/α,β-unsaturated/α-hetero) is 1. The monoisotopic (exact) mass is 502 g/mol. The SMILES string of the molecule is Cn1c(-c2ccc(C#N)cc2)nc2c1cc(/C=C1\C(=O)c3ccccc3C1=C(C#N)C#N)n2-c1ccccc1. The molecule has 3 aromatic carbocycles. The van der Waals surface area contributed by atoms with Gasteiger partial charge < -0.3 is 4.57 Å². The number of aryl methyl sites for hydroxylation is 1. The van der Waals surface area contributed by atoms with Gasteiger partial charge in [-0.25, -0.2) is 4.98 Å². The van der Waals surface area contributed by atoms with Crippen molar-refractivity contribution in [2.45, 2.75) is 0 Å². The van der Waals surface area contributed by atoms with E-state index in [1.54, 1.807) is 42.5 Å². The summed E-state index contributed by atoms with van der Waals surface area (Å²) in [6, 6.07) is 32.0. The number of allylic oxidation sites excluding steroid dienone is 3. The summed E-state index contributed by atoms with van der Waals surface area (Å²) in [4.78, 5) is 18.5. The lowest BCUT2D eigenvalue weighted by Gasteiger charge is -2.09. The maximum absolute atomic E-state index is 13.5. The molecule has 0 unspecified atom stereocenters. The summed E-state index contributed by atoms with van der Waals surface area (Å²) < 4.78 is 3.93. The van der Waals surface area contributed by atoms with Gasteiger partial charge in [-0.2, -0.15) is 15.8 Å². The van der Waals surface area contributed by atoms with E-state index < -0.39 is 0 Å². The van der Waals surface area contributed by atoms with Crippen LogP contribution < -0.4 is 0 Å². The second-order valence-corrected chi connectivity index (χ2v) is 9.04. The first-order chi connectivity index (χ1) is 19.0. The van der Waals surface area contributed by atoms with Crippen molar-refractivity contribution in [1.29, 1.82) is 15.8 Å². The molecule has 1 aliphatic rings. The number of fused-ring (bicyclic) bond motifs is 2. The van der Waals surface area contributed by atoms with Crippen molar-refractivity contribution in [3.63, 3.8) is 0 Å². The lowest BCUT2D eigenvalue weighted by molar-refractivity contribution is 0.104. The fraction of sp³-hybridized carbons (Fsp3) is 0.0312. The maximum atomic E-state index is 13.5. The van der Waals surface area contributed by atoms with Crippen LogP contribution in [0.1, 0.15) is 27.2 Å². The van der Waals surface area contributed by atoms with Crippen molar-refractivity contribution in [1.82, 2.24) is 14.1 Å². The van der Waals surface area contributed by atoms with Gasteiger partial charge in [0.2, 0.25) is 0 Å². The first kappa shape index (κ1) is 23.4. The second-order valence-electron chi connectivity index (χ2n) is 9.04. The summed E-state index contributed by atoms with van der Waals surface area (Å²) in [6.45, 7) is 0. The van der Waals surface area contributed by atoms with Crippen LogP contribution in [0.3, 0.4) is 0 Å². The molecule has 39 heavy (non-hydrogen) atoms. The summed E-state index contributed by atoms with van der Waals surface area (Å²) in [7, 11) is 1.92. The molecule has 6 rings (SSSR count). The number of benzene rings is 3. The number of carbonyl (C=O) groups excluding carboxylic acids is 1. The van der Waals surface area contributed by atoms with Crippen LogP contribution in [0.4, 0.5) is 0 Å². The van der Waals surface area contributed by atoms with Gasteiger partial charge in [0, 0.05) is 35.0 Å². The van der Waals surface area contributed by atoms with E-state index in [0.29, 0.717) is 39.2 Å². The molecule has 2 aromatic heterocycles. The van der Waals surface area contributed by atoms with Gasteiger partial charge in [0.1, 0.15) is 23.5 Å². The van der Waals surface area contributed by atoms with Crippen LogP contribution in [0.2, 0.25) is 0 Å². The van der Waals surface area contributed by atoms with Crippen molar-refractivity contribution in [2.75, 3.05) is 0 Å². The van der Waals surface area contributed by atoms with Gasteiger partial charge in [0.05, 0.1) is 22.8 Å². The molecule has 0 amide bonds. The van der Waals surface area contributed by atoms with Crippen LogP contribution in [-0.4, -0.2) is 19.9 Å². The number of carbonyl (C=O) groups is 1. The largest absolute Gasteiger partial charge is 0.326 e. The van der Waals surface area contributed by atoms with Crippen molar-refractivity contribution >= 4 is 28.6 Å². The smallest absolute Gasteiger partial charge is 0.194 e. The fourth-order valence-electron chi connectivity index (χ4n) is 5.05. The summed E-state index contributed by atoms with van der Waals surface area (Å²) in [5.74, 6) is 0.495. The predicted octanol–water partition coefficient (Wildman–Crippen LogP) is 5.98. The topological polar surface area (TPSA) is 111 Å². The van der Waals surface area contributed by atoms with E-state index in [4.69, 9.17) is 10.2 Å². The minimum atomic E-state index is -0.236. The Kier molecular flexibility index (Phi) is 5.50. The van der Waals surface area contributed by atoms with E-state index in [-0.39, 0.29) is 11.4 Å². The Morgan fingerprint density at radius 3 is 2.21 bits per heavy atom. The number of nitrogens with zero attached hydrogens (tertiary/aromatic N) is 6. The molecule has 0 spiro atoms. The molecule has 7 heteroatoms. The molecule has 0 atom stereocenters. The second kappa shape index (κ2) is 9.16. The average molecular weight is 503 g/mol. The molecule has 0 radical (unpaired) electrons. The van der Waals surface area contributed by atoms with Crippen LogP contribution >= 0.6 is 0 Å². The first-order valence-corrected chi connectivity index (χ1v) is 12.1. The minimum Gasteiger partial charge on any atom is -0.326 e. The van der Waals surface area contributed by atoms with E-state index in [1.165, 1.54) is 0 Å². The van der Waals surface area contributed by atoms with Gasteiger partial charge in [-0.05, 0) is 54.1 Å². The van der Waals surface area contributed by atoms with Crippen molar-refractivity contribution < 1.29 is 4.79 Å². The van der Waals surface area contributed by atoms with Crippen LogP contribution in [-0.2, 0) is 7.05 Å². The average Bonchev–Trinajstić information content (AvgIpc) is 3.59. The van der Waals surface area contributed by atoms with Gasteiger partial charge in [-0.15, -0.1) is 0 Å². The lowest BCUT2D eigenvalue weighted by Crippen LogP contribution is -2.01. The molecule has 0 saturated heterocycles. The van der Waals surface area contributed by atoms with Gasteiger partial charge in [0.25, 0.3) is 0 Å². The van der Waals surface area contributed by atoms with E-state index in [2.05, 4.69) is 6.07 Å². The number of aromatic nitrogens is 3. The molecule has 0 bridgehead atoms. The van der Waals surface area contributed by atoms with E-state index >= 15 is 0 Å². The third kappa shape index (κ3) is 3.64. The summed E-state index contributed by atoms with van der Waals surface area (Å²) in [5.41, 5.74) is 6.06. The van der Waals surface area contributed by atoms with Crippen LogP contribution in [0.15, 0.2) is 96.1 Å². The number of nitriles is 3. The standard InChI is InChI=1S/C32H18N6O/c1-37-28-16-24(15-27-29(22(18-34)19-35)25-9-5-6-10-26(25)30(27)39)38(23-7-3-2-4-8-23)32(28)36-31(37)21-13-11-20(17-33)12-14-21/h2-16H,1H3/b27-15-. The normalized spacial score (nSPS) is 13.2. The zero-order valence-electron chi connectivity index (χ0n) is 20.8. The molecule has 0 saturated carbocycles. The Bertz CT molecular complexity index is 1980. The number of ketones is 1. The molecule has 1 aliphatic carbocycles. The van der Waals surface area contributed by atoms with Crippen molar-refractivity contribution in [3.05, 3.63) is 118 Å². The number of para-hydroxylation sites is 1. The number of hydrogen-bond donors (Lipinski definition) is 0. The predicted molar refractivity (Wildman–Crippen MR) is 147 cm³/mol. The van der Waals surface area contributed by atoms with Gasteiger partial charge in [-0.1, -0.05) is 42.5 Å². The molecule has 5 aromatic rings. The molecule has 0 aliphatic heterocycles. The highest BCUT2D eigenvalue weighted by molar-refractivity contribution is 6.29. The van der Waals surface area contributed by atoms with Crippen LogP contribution in [0, 0.1) is 34.0 Å². The van der Waals surface area contributed by atoms with Gasteiger partial charge in [0.15, 0.2) is 11.4 Å². The summed E-state index contributed by atoms with van der Waals surface area (Å²) in [5, 5.41) is 28.6. The zero-order chi connectivity index (χ0) is 27.1. The Hall–Kier alpha value is -5.97. The lowest BCUT2D eigenvalue weighted by atomic mass is 9.99. The Balaban J connectivity index is 1.61. The number of rotatable bonds is 3. The number of hydrogen-bond acceptors (Lipinski definition) is 5. The minimum absolute atomic E-state index is 0.108. The molecular weight excluding hydrogens is 484 g/mol. The third-order valence-corrected chi connectivity index (χ3v) is 6.88. The zero-order valence-corrected chi connectivity index (χ0v) is 20.8. The highest BCUT2D eigenvalue weighted by atomic mass is 16.1.